The second kappa shape index (κ2) is 6.65. The molecule has 1 aliphatic carbocycles. The molecule has 4 nitrogen and oxygen atoms in total. The zero-order valence-corrected chi connectivity index (χ0v) is 11.0. The van der Waals surface area contributed by atoms with Crippen molar-refractivity contribution in [2.45, 2.75) is 25.9 Å². The number of rotatable bonds is 5. The van der Waals surface area contributed by atoms with Crippen molar-refractivity contribution in [2.75, 3.05) is 11.9 Å². The third-order valence-electron chi connectivity index (χ3n) is 3.63. The van der Waals surface area contributed by atoms with Gasteiger partial charge in [0.25, 0.3) is 0 Å². The monoisotopic (exact) mass is 284 g/mol. The number of benzene rings is 1. The summed E-state index contributed by atoms with van der Waals surface area (Å²) in [5.74, 6) is 0.0295. The van der Waals surface area contributed by atoms with Gasteiger partial charge in [-0.15, -0.1) is 0 Å². The molecule has 1 aromatic carbocycles. The number of hydrogen-bond donors (Lipinski definition) is 2. The van der Waals surface area contributed by atoms with Crippen molar-refractivity contribution in [2.24, 2.45) is 17.6 Å². The molecule has 3 N–H and O–H groups in total. The Bertz CT molecular complexity index is 468. The van der Waals surface area contributed by atoms with Crippen LogP contribution < -0.4 is 15.8 Å². The smallest absolute Gasteiger partial charge is 0.387 e. The third-order valence-corrected chi connectivity index (χ3v) is 3.63. The largest absolute Gasteiger partial charge is 0.435 e. The highest BCUT2D eigenvalue weighted by molar-refractivity contribution is 5.93. The number of anilines is 1. The first-order valence-corrected chi connectivity index (χ1v) is 6.66. The molecule has 1 saturated carbocycles. The average Bonchev–Trinajstić information content (AvgIpc) is 2.86. The predicted molar refractivity (Wildman–Crippen MR) is 71.6 cm³/mol. The van der Waals surface area contributed by atoms with Gasteiger partial charge in [0, 0.05) is 17.7 Å². The summed E-state index contributed by atoms with van der Waals surface area (Å²) >= 11 is 0. The van der Waals surface area contributed by atoms with E-state index in [1.165, 1.54) is 12.1 Å². The van der Waals surface area contributed by atoms with E-state index in [0.29, 0.717) is 12.2 Å². The van der Waals surface area contributed by atoms with Gasteiger partial charge in [-0.2, -0.15) is 8.78 Å². The number of nitrogens with two attached hydrogens (primary N) is 1. The minimum absolute atomic E-state index is 0.0274. The van der Waals surface area contributed by atoms with E-state index in [1.54, 1.807) is 12.1 Å². The van der Waals surface area contributed by atoms with E-state index in [2.05, 4.69) is 10.1 Å². The van der Waals surface area contributed by atoms with Crippen molar-refractivity contribution < 1.29 is 18.3 Å². The van der Waals surface area contributed by atoms with Crippen LogP contribution in [0.1, 0.15) is 19.3 Å². The maximum atomic E-state index is 12.2. The van der Waals surface area contributed by atoms with Crippen molar-refractivity contribution in [3.05, 3.63) is 24.3 Å². The summed E-state index contributed by atoms with van der Waals surface area (Å²) in [5.41, 5.74) is 6.11. The molecule has 110 valence electrons. The number of ether oxygens (including phenoxy) is 1. The molecule has 20 heavy (non-hydrogen) atoms. The molecule has 0 aliphatic heterocycles. The van der Waals surface area contributed by atoms with Crippen molar-refractivity contribution in [3.63, 3.8) is 0 Å². The van der Waals surface area contributed by atoms with Crippen molar-refractivity contribution in [3.8, 4) is 5.75 Å². The highest BCUT2D eigenvalue weighted by Crippen LogP contribution is 2.32. The van der Waals surface area contributed by atoms with Crippen molar-refractivity contribution in [1.82, 2.24) is 0 Å². The van der Waals surface area contributed by atoms with Crippen LogP contribution in [0, 0.1) is 11.8 Å². The van der Waals surface area contributed by atoms with Gasteiger partial charge >= 0.3 is 6.61 Å². The summed E-state index contributed by atoms with van der Waals surface area (Å²) in [6, 6.07) is 6.00. The molecule has 0 heterocycles. The van der Waals surface area contributed by atoms with Gasteiger partial charge in [0.1, 0.15) is 5.75 Å². The first-order valence-electron chi connectivity index (χ1n) is 6.66. The molecule has 1 fully saturated rings. The van der Waals surface area contributed by atoms with Gasteiger partial charge in [-0.1, -0.05) is 12.5 Å². The average molecular weight is 284 g/mol. The Kier molecular flexibility index (Phi) is 4.89. The number of carbonyl (C=O) groups excluding carboxylic acids is 1. The maximum Gasteiger partial charge on any atom is 0.387 e. The standard InChI is InChI=1S/C14H18F2N2O2/c15-14(16)20-11-5-2-4-10(7-11)18-13(19)12-6-1-3-9(12)8-17/h2,4-5,7,9,12,14H,1,3,6,8,17H2,(H,18,19). The maximum absolute atomic E-state index is 12.2. The van der Waals surface area contributed by atoms with Crippen LogP contribution in [-0.4, -0.2) is 19.1 Å². The Morgan fingerprint density at radius 2 is 2.25 bits per heavy atom. The first kappa shape index (κ1) is 14.7. The van der Waals surface area contributed by atoms with Gasteiger partial charge in [0.2, 0.25) is 5.91 Å². The molecule has 2 rings (SSSR count). The molecule has 0 saturated heterocycles. The number of amides is 1. The number of alkyl halides is 2. The Morgan fingerprint density at radius 3 is 2.95 bits per heavy atom. The van der Waals surface area contributed by atoms with E-state index in [4.69, 9.17) is 5.73 Å². The van der Waals surface area contributed by atoms with Crippen molar-refractivity contribution in [1.29, 1.82) is 0 Å². The van der Waals surface area contributed by atoms with E-state index >= 15 is 0 Å². The quantitative estimate of drug-likeness (QED) is 0.873. The van der Waals surface area contributed by atoms with Crippen LogP contribution in [0.15, 0.2) is 24.3 Å². The van der Waals surface area contributed by atoms with Crippen LogP contribution >= 0.6 is 0 Å². The summed E-state index contributed by atoms with van der Waals surface area (Å²) < 4.78 is 28.6. The van der Waals surface area contributed by atoms with Crippen LogP contribution in [0.2, 0.25) is 0 Å². The molecule has 0 radical (unpaired) electrons. The molecular weight excluding hydrogens is 266 g/mol. The summed E-state index contributed by atoms with van der Waals surface area (Å²) in [6.07, 6.45) is 2.78. The van der Waals surface area contributed by atoms with E-state index < -0.39 is 6.61 Å². The summed E-state index contributed by atoms with van der Waals surface area (Å²) in [7, 11) is 0. The fourth-order valence-electron chi connectivity index (χ4n) is 2.65. The van der Waals surface area contributed by atoms with Crippen LogP contribution in [0.5, 0.6) is 5.75 Å². The van der Waals surface area contributed by atoms with Crippen LogP contribution in [0.25, 0.3) is 0 Å². The topological polar surface area (TPSA) is 64.4 Å². The van der Waals surface area contributed by atoms with Gasteiger partial charge in [-0.05, 0) is 37.4 Å². The van der Waals surface area contributed by atoms with Gasteiger partial charge in [-0.3, -0.25) is 4.79 Å². The Balaban J connectivity index is 2.00. The zero-order chi connectivity index (χ0) is 14.5. The van der Waals surface area contributed by atoms with Crippen molar-refractivity contribution >= 4 is 11.6 Å². The summed E-state index contributed by atoms with van der Waals surface area (Å²) in [6.45, 7) is -2.38. The number of nitrogens with one attached hydrogen (secondary N) is 1. The minimum atomic E-state index is -2.88. The number of halogens is 2. The lowest BCUT2D eigenvalue weighted by Gasteiger charge is -2.17. The molecule has 1 aromatic rings. The van der Waals surface area contributed by atoms with E-state index in [1.807, 2.05) is 0 Å². The lowest BCUT2D eigenvalue weighted by Crippen LogP contribution is -2.29. The Morgan fingerprint density at radius 1 is 1.45 bits per heavy atom. The molecule has 0 aromatic heterocycles. The molecule has 6 heteroatoms. The van der Waals surface area contributed by atoms with Crippen LogP contribution in [-0.2, 0) is 4.79 Å². The second-order valence-electron chi connectivity index (χ2n) is 4.93. The number of hydrogen-bond acceptors (Lipinski definition) is 3. The fraction of sp³-hybridized carbons (Fsp3) is 0.500. The van der Waals surface area contributed by atoms with E-state index in [0.717, 1.165) is 19.3 Å². The van der Waals surface area contributed by atoms with Gasteiger partial charge in [0.05, 0.1) is 0 Å². The minimum Gasteiger partial charge on any atom is -0.435 e. The lowest BCUT2D eigenvalue weighted by atomic mass is 9.95. The normalized spacial score (nSPS) is 22.0. The SMILES string of the molecule is NCC1CCCC1C(=O)Nc1cccc(OC(F)F)c1. The third kappa shape index (κ3) is 3.66. The lowest BCUT2D eigenvalue weighted by molar-refractivity contribution is -0.120. The van der Waals surface area contributed by atoms with E-state index in [-0.39, 0.29) is 23.5 Å². The van der Waals surface area contributed by atoms with Gasteiger partial charge in [0.15, 0.2) is 0 Å². The Labute approximate surface area is 116 Å². The zero-order valence-electron chi connectivity index (χ0n) is 11.0. The van der Waals surface area contributed by atoms with Gasteiger partial charge in [-0.25, -0.2) is 0 Å². The van der Waals surface area contributed by atoms with Crippen LogP contribution in [0.3, 0.4) is 0 Å². The first-order chi connectivity index (χ1) is 9.60. The van der Waals surface area contributed by atoms with Gasteiger partial charge < -0.3 is 15.8 Å². The molecule has 1 amide bonds. The molecule has 2 atom stereocenters. The molecule has 2 unspecified atom stereocenters. The summed E-state index contributed by atoms with van der Waals surface area (Å²) in [4.78, 5) is 12.2. The molecule has 0 bridgehead atoms. The second-order valence-corrected chi connectivity index (χ2v) is 4.93. The molecule has 0 spiro atoms. The highest BCUT2D eigenvalue weighted by atomic mass is 19.3. The predicted octanol–water partition coefficient (Wildman–Crippen LogP) is 2.60. The fourth-order valence-corrected chi connectivity index (χ4v) is 2.65. The highest BCUT2D eigenvalue weighted by Gasteiger charge is 2.31. The van der Waals surface area contributed by atoms with E-state index in [9.17, 15) is 13.6 Å². The molecule has 1 aliphatic rings. The van der Waals surface area contributed by atoms with Crippen LogP contribution in [0.4, 0.5) is 14.5 Å². The number of carbonyl (C=O) groups is 1. The summed E-state index contributed by atoms with van der Waals surface area (Å²) in [5, 5.41) is 2.74. The Hall–Kier alpha value is -1.69. The molecular formula is C14H18F2N2O2.